The molecule has 0 aliphatic carbocycles. The largest absolute Gasteiger partial charge is 0.383 e. The predicted octanol–water partition coefficient (Wildman–Crippen LogP) is 5.42. The highest BCUT2D eigenvalue weighted by Crippen LogP contribution is 2.45. The number of rotatable bonds is 7. The van der Waals surface area contributed by atoms with Crippen LogP contribution in [-0.2, 0) is 27.3 Å². The van der Waals surface area contributed by atoms with Crippen LogP contribution < -0.4 is 0 Å². The number of hydrogen-bond acceptors (Lipinski definition) is 6. The lowest BCUT2D eigenvalue weighted by atomic mass is 9.88. The molecule has 0 bridgehead atoms. The van der Waals surface area contributed by atoms with Crippen LogP contribution in [0, 0.1) is 5.82 Å². The first-order valence-corrected chi connectivity index (χ1v) is 13.5. The Hall–Kier alpha value is -2.59. The van der Waals surface area contributed by atoms with Gasteiger partial charge in [0.1, 0.15) is 11.4 Å². The van der Waals surface area contributed by atoms with E-state index in [9.17, 15) is 15.0 Å². The first-order chi connectivity index (χ1) is 18.6. The molecule has 1 fully saturated rings. The normalized spacial score (nSPS) is 19.9. The van der Waals surface area contributed by atoms with Gasteiger partial charge in [-0.15, -0.1) is 0 Å². The Morgan fingerprint density at radius 3 is 2.36 bits per heavy atom. The summed E-state index contributed by atoms with van der Waals surface area (Å²) < 4.78 is 25.9. The van der Waals surface area contributed by atoms with Gasteiger partial charge in [-0.25, -0.2) is 4.39 Å². The van der Waals surface area contributed by atoms with E-state index in [0.717, 1.165) is 24.2 Å². The molecular formula is C29H31Cl2FN2O5. The molecular weight excluding hydrogens is 546 g/mol. The Labute approximate surface area is 237 Å². The standard InChI is InChI=1S/C25H23Cl2FN2O4.C4H8O/c1-3-34-14-24(2,32)16-10-20-22(21(28)11-16)25(33,15-4-6-17(26)7-5-15)30(23(20)31)13-19-9-8-18(27)12-29-19;1-2-4-5-3-1/h4-12,32-33H,3,13-14H2,1-2H3;1-4H2. The van der Waals surface area contributed by atoms with Crippen LogP contribution in [0.1, 0.15) is 59.4 Å². The van der Waals surface area contributed by atoms with Gasteiger partial charge < -0.3 is 19.7 Å². The van der Waals surface area contributed by atoms with E-state index in [4.69, 9.17) is 32.7 Å². The lowest BCUT2D eigenvalue weighted by Gasteiger charge is -2.35. The molecule has 2 N–H and O–H groups in total. The van der Waals surface area contributed by atoms with Gasteiger partial charge in [0.2, 0.25) is 0 Å². The number of pyridine rings is 1. The summed E-state index contributed by atoms with van der Waals surface area (Å²) in [6.45, 7) is 5.41. The molecule has 39 heavy (non-hydrogen) atoms. The second kappa shape index (κ2) is 12.3. The quantitative estimate of drug-likeness (QED) is 0.390. The molecule has 208 valence electrons. The van der Waals surface area contributed by atoms with Crippen LogP contribution in [0.15, 0.2) is 54.7 Å². The minimum absolute atomic E-state index is 0.0572. The number of hydrogen-bond donors (Lipinski definition) is 2. The van der Waals surface area contributed by atoms with Crippen molar-refractivity contribution in [3.63, 3.8) is 0 Å². The van der Waals surface area contributed by atoms with Crippen LogP contribution in [0.4, 0.5) is 4.39 Å². The summed E-state index contributed by atoms with van der Waals surface area (Å²) in [5.41, 5.74) is -3.08. The maximum atomic E-state index is 15.7. The molecule has 2 atom stereocenters. The molecule has 2 aliphatic rings. The smallest absolute Gasteiger partial charge is 0.257 e. The highest BCUT2D eigenvalue weighted by atomic mass is 35.5. The van der Waals surface area contributed by atoms with E-state index < -0.39 is 23.1 Å². The van der Waals surface area contributed by atoms with Gasteiger partial charge >= 0.3 is 0 Å². The third-order valence-corrected chi connectivity index (χ3v) is 7.17. The van der Waals surface area contributed by atoms with Crippen molar-refractivity contribution in [3.8, 4) is 0 Å². The lowest BCUT2D eigenvalue weighted by molar-refractivity contribution is -0.0568. The van der Waals surface area contributed by atoms with E-state index in [1.54, 1.807) is 31.2 Å². The number of benzene rings is 2. The summed E-state index contributed by atoms with van der Waals surface area (Å²) in [7, 11) is 0. The zero-order chi connectivity index (χ0) is 28.2. The fourth-order valence-electron chi connectivity index (χ4n) is 4.59. The van der Waals surface area contributed by atoms with Gasteiger partial charge in [0.15, 0.2) is 5.72 Å². The van der Waals surface area contributed by atoms with Crippen molar-refractivity contribution >= 4 is 29.1 Å². The number of halogens is 3. The summed E-state index contributed by atoms with van der Waals surface area (Å²) in [6.07, 6.45) is 3.98. The third kappa shape index (κ3) is 6.27. The molecule has 0 spiro atoms. The second-order valence-electron chi connectivity index (χ2n) is 9.65. The first-order valence-electron chi connectivity index (χ1n) is 12.7. The third-order valence-electron chi connectivity index (χ3n) is 6.70. The number of aromatic nitrogens is 1. The molecule has 5 rings (SSSR count). The second-order valence-corrected chi connectivity index (χ2v) is 10.5. The van der Waals surface area contributed by atoms with Gasteiger partial charge in [0, 0.05) is 36.6 Å². The van der Waals surface area contributed by atoms with E-state index in [0.29, 0.717) is 22.3 Å². The molecule has 2 aliphatic heterocycles. The van der Waals surface area contributed by atoms with E-state index >= 15 is 4.39 Å². The van der Waals surface area contributed by atoms with Crippen LogP contribution in [0.3, 0.4) is 0 Å². The Morgan fingerprint density at radius 2 is 1.79 bits per heavy atom. The van der Waals surface area contributed by atoms with E-state index in [-0.39, 0.29) is 35.4 Å². The van der Waals surface area contributed by atoms with Gasteiger partial charge in [-0.1, -0.05) is 35.3 Å². The molecule has 10 heteroatoms. The maximum Gasteiger partial charge on any atom is 0.257 e. The van der Waals surface area contributed by atoms with Gasteiger partial charge in [-0.05, 0) is 68.7 Å². The van der Waals surface area contributed by atoms with Crippen LogP contribution >= 0.6 is 23.2 Å². The molecule has 3 heterocycles. The SMILES string of the molecule is C1CCOC1.CCOCC(C)(O)c1cc(F)c2c(c1)C(=O)N(Cc1ccc(Cl)cn1)C2(O)c1ccc(Cl)cc1. The van der Waals surface area contributed by atoms with Crippen molar-refractivity contribution in [3.05, 3.63) is 98.5 Å². The molecule has 2 aromatic carbocycles. The minimum atomic E-state index is -2.13. The fourth-order valence-corrected chi connectivity index (χ4v) is 4.83. The molecule has 1 saturated heterocycles. The van der Waals surface area contributed by atoms with Crippen LogP contribution in [0.2, 0.25) is 10.0 Å². The monoisotopic (exact) mass is 576 g/mol. The lowest BCUT2D eigenvalue weighted by Crippen LogP contribution is -2.44. The van der Waals surface area contributed by atoms with Gasteiger partial charge in [-0.2, -0.15) is 0 Å². The van der Waals surface area contributed by atoms with Gasteiger partial charge in [0.25, 0.3) is 5.91 Å². The highest BCUT2D eigenvalue weighted by molar-refractivity contribution is 6.30. The van der Waals surface area contributed by atoms with Gasteiger partial charge in [0.05, 0.1) is 35.0 Å². The molecule has 2 unspecified atom stereocenters. The van der Waals surface area contributed by atoms with Crippen molar-refractivity contribution in [2.24, 2.45) is 0 Å². The average Bonchev–Trinajstić information content (AvgIpc) is 3.57. The van der Waals surface area contributed by atoms with Crippen LogP contribution in [-0.4, -0.2) is 52.4 Å². The van der Waals surface area contributed by atoms with Crippen LogP contribution in [0.25, 0.3) is 0 Å². The average molecular weight is 577 g/mol. The summed E-state index contributed by atoms with van der Waals surface area (Å²) in [5.74, 6) is -1.45. The van der Waals surface area contributed by atoms with Crippen molar-refractivity contribution in [1.29, 1.82) is 0 Å². The number of fused-ring (bicyclic) bond motifs is 1. The molecule has 7 nitrogen and oxygen atoms in total. The van der Waals surface area contributed by atoms with Crippen LogP contribution in [0.5, 0.6) is 0 Å². The molecule has 0 radical (unpaired) electrons. The molecule has 1 aromatic heterocycles. The maximum absolute atomic E-state index is 15.7. The number of ether oxygens (including phenoxy) is 2. The summed E-state index contributed by atoms with van der Waals surface area (Å²) >= 11 is 11.9. The summed E-state index contributed by atoms with van der Waals surface area (Å²) in [4.78, 5) is 18.9. The first kappa shape index (κ1) is 29.4. The Bertz CT molecular complexity index is 1290. The molecule has 1 amide bonds. The summed E-state index contributed by atoms with van der Waals surface area (Å²) in [5, 5.41) is 23.6. The highest BCUT2D eigenvalue weighted by Gasteiger charge is 2.52. The zero-order valence-electron chi connectivity index (χ0n) is 21.8. The Balaban J connectivity index is 0.000000634. The van der Waals surface area contributed by atoms with E-state index in [2.05, 4.69) is 4.98 Å². The molecule has 3 aromatic rings. The van der Waals surface area contributed by atoms with Gasteiger partial charge in [-0.3, -0.25) is 14.7 Å². The Morgan fingerprint density at radius 1 is 1.13 bits per heavy atom. The van der Waals surface area contributed by atoms with E-state index in [1.807, 2.05) is 0 Å². The van der Waals surface area contributed by atoms with Crippen molar-refractivity contribution < 1.29 is 28.9 Å². The minimum Gasteiger partial charge on any atom is -0.383 e. The van der Waals surface area contributed by atoms with Crippen molar-refractivity contribution in [2.45, 2.75) is 44.6 Å². The number of nitrogens with zero attached hydrogens (tertiary/aromatic N) is 2. The number of carbonyl (C=O) groups excluding carboxylic acids is 1. The number of carbonyl (C=O) groups is 1. The van der Waals surface area contributed by atoms with E-state index in [1.165, 1.54) is 44.2 Å². The fraction of sp³-hybridized carbons (Fsp3) is 0.379. The number of aliphatic hydroxyl groups is 2. The summed E-state index contributed by atoms with van der Waals surface area (Å²) in [6, 6.07) is 11.9. The van der Waals surface area contributed by atoms with Crippen molar-refractivity contribution in [2.75, 3.05) is 26.4 Å². The topological polar surface area (TPSA) is 92.1 Å². The number of amides is 1. The Kier molecular flexibility index (Phi) is 9.26. The predicted molar refractivity (Wildman–Crippen MR) is 146 cm³/mol. The zero-order valence-corrected chi connectivity index (χ0v) is 23.3. The molecule has 0 saturated carbocycles. The van der Waals surface area contributed by atoms with Crippen molar-refractivity contribution in [1.82, 2.24) is 9.88 Å².